The maximum Gasteiger partial charge on any atom is 0.120 e. The molecule has 3 nitrogen and oxygen atoms in total. The van der Waals surface area contributed by atoms with Gasteiger partial charge < -0.3 is 5.32 Å². The third-order valence-electron chi connectivity index (χ3n) is 3.16. The number of rotatable bonds is 3. The van der Waals surface area contributed by atoms with Crippen molar-refractivity contribution in [2.75, 3.05) is 13.1 Å². The van der Waals surface area contributed by atoms with E-state index in [1.54, 1.807) is 0 Å². The van der Waals surface area contributed by atoms with Crippen LogP contribution < -0.4 is 5.32 Å². The van der Waals surface area contributed by atoms with Crippen molar-refractivity contribution in [1.82, 2.24) is 5.32 Å². The first-order valence-corrected chi connectivity index (χ1v) is 5.97. The molecule has 1 N–H and O–H groups in total. The van der Waals surface area contributed by atoms with Gasteiger partial charge in [0.25, 0.3) is 0 Å². The number of piperidine rings is 1. The molecule has 4 heteroatoms. The molecule has 1 unspecified atom stereocenters. The number of hydrogen-bond donors (Lipinski definition) is 1. The zero-order valence-corrected chi connectivity index (χ0v) is 9.78. The second kappa shape index (κ2) is 5.41. The molecule has 1 atom stereocenters. The first-order valence-electron chi connectivity index (χ1n) is 5.60. The van der Waals surface area contributed by atoms with Crippen LogP contribution in [0.5, 0.6) is 0 Å². The van der Waals surface area contributed by atoms with Gasteiger partial charge in [0, 0.05) is 5.02 Å². The molecule has 0 amide bonds. The van der Waals surface area contributed by atoms with Gasteiger partial charge in [0.05, 0.1) is 0 Å². The van der Waals surface area contributed by atoms with Crippen LogP contribution in [0.1, 0.15) is 24.4 Å². The summed E-state index contributed by atoms with van der Waals surface area (Å²) in [5, 5.41) is 7.27. The molecule has 1 saturated heterocycles. The van der Waals surface area contributed by atoms with Crippen LogP contribution in [0.4, 0.5) is 0 Å². The van der Waals surface area contributed by atoms with Gasteiger partial charge in [-0.1, -0.05) is 28.9 Å². The van der Waals surface area contributed by atoms with Crippen molar-refractivity contribution in [1.29, 1.82) is 0 Å². The van der Waals surface area contributed by atoms with Crippen LogP contribution in [0.2, 0.25) is 5.02 Å². The van der Waals surface area contributed by atoms with Crippen LogP contribution in [0.3, 0.4) is 0 Å². The zero-order chi connectivity index (χ0) is 11.4. The molecule has 2 rings (SSSR count). The molecule has 1 heterocycles. The highest BCUT2D eigenvalue weighted by atomic mass is 35.5. The van der Waals surface area contributed by atoms with Gasteiger partial charge in [0.2, 0.25) is 0 Å². The Bertz CT molecular complexity index is 347. The van der Waals surface area contributed by atoms with E-state index in [1.165, 1.54) is 0 Å². The Morgan fingerprint density at radius 3 is 2.44 bits per heavy atom. The van der Waals surface area contributed by atoms with Crippen LogP contribution in [0, 0.1) is 10.8 Å². The quantitative estimate of drug-likeness (QED) is 0.822. The van der Waals surface area contributed by atoms with E-state index in [0.29, 0.717) is 10.9 Å². The molecule has 1 aliphatic heterocycles. The normalized spacial score (nSPS) is 19.3. The lowest BCUT2D eigenvalue weighted by molar-refractivity contribution is 0.322. The van der Waals surface area contributed by atoms with Crippen molar-refractivity contribution in [3.8, 4) is 0 Å². The van der Waals surface area contributed by atoms with Crippen LogP contribution >= 0.6 is 11.6 Å². The minimum atomic E-state index is -0.223. The maximum absolute atomic E-state index is 11.0. The van der Waals surface area contributed by atoms with Crippen molar-refractivity contribution < 1.29 is 0 Å². The number of hydrogen-bond acceptors (Lipinski definition) is 3. The largest absolute Gasteiger partial charge is 0.317 e. The summed E-state index contributed by atoms with van der Waals surface area (Å²) in [6, 6.07) is 7.21. The van der Waals surface area contributed by atoms with Crippen molar-refractivity contribution in [2.24, 2.45) is 11.1 Å². The molecular formula is C12H15ClN2O. The van der Waals surface area contributed by atoms with E-state index in [0.717, 1.165) is 31.5 Å². The Morgan fingerprint density at radius 1 is 1.25 bits per heavy atom. The van der Waals surface area contributed by atoms with Crippen molar-refractivity contribution >= 4 is 11.6 Å². The van der Waals surface area contributed by atoms with Crippen LogP contribution in [-0.4, -0.2) is 13.1 Å². The Balaban J connectivity index is 2.14. The molecule has 1 aliphatic rings. The molecule has 86 valence electrons. The van der Waals surface area contributed by atoms with Gasteiger partial charge in [-0.05, 0) is 49.5 Å². The van der Waals surface area contributed by atoms with Gasteiger partial charge >= 0.3 is 0 Å². The van der Waals surface area contributed by atoms with Crippen molar-refractivity contribution in [2.45, 2.75) is 18.9 Å². The maximum atomic E-state index is 11.0. The van der Waals surface area contributed by atoms with E-state index in [2.05, 4.69) is 10.5 Å². The summed E-state index contributed by atoms with van der Waals surface area (Å²) in [5.41, 5.74) is 0.978. The highest BCUT2D eigenvalue weighted by Gasteiger charge is 2.25. The fraction of sp³-hybridized carbons (Fsp3) is 0.500. The van der Waals surface area contributed by atoms with Gasteiger partial charge in [-0.25, -0.2) is 0 Å². The Kier molecular flexibility index (Phi) is 3.91. The summed E-state index contributed by atoms with van der Waals surface area (Å²) < 4.78 is 0. The van der Waals surface area contributed by atoms with E-state index in [4.69, 9.17) is 11.6 Å². The standard InChI is InChI=1S/C12H15ClN2O/c13-11-3-1-9(2-4-11)12(15-16)10-5-7-14-8-6-10/h1-4,10,12,14H,5-8H2. The highest BCUT2D eigenvalue weighted by molar-refractivity contribution is 6.30. The molecule has 1 aromatic carbocycles. The van der Waals surface area contributed by atoms with Crippen molar-refractivity contribution in [3.05, 3.63) is 39.8 Å². The molecule has 0 bridgehead atoms. The SMILES string of the molecule is O=NC(c1ccc(Cl)cc1)C1CCNCC1. The van der Waals surface area contributed by atoms with Gasteiger partial charge in [-0.15, -0.1) is 0 Å². The van der Waals surface area contributed by atoms with Crippen LogP contribution in [-0.2, 0) is 0 Å². The van der Waals surface area contributed by atoms with E-state index in [1.807, 2.05) is 24.3 Å². The summed E-state index contributed by atoms with van der Waals surface area (Å²) in [5.74, 6) is 0.361. The second-order valence-electron chi connectivity index (χ2n) is 4.19. The molecular weight excluding hydrogens is 224 g/mol. The van der Waals surface area contributed by atoms with Gasteiger partial charge in [0.1, 0.15) is 6.04 Å². The summed E-state index contributed by atoms with van der Waals surface area (Å²) in [6.07, 6.45) is 2.03. The molecule has 1 aromatic rings. The lowest BCUT2D eigenvalue weighted by Gasteiger charge is -2.26. The third kappa shape index (κ3) is 2.60. The zero-order valence-electron chi connectivity index (χ0n) is 9.03. The molecule has 0 saturated carbocycles. The predicted octanol–water partition coefficient (Wildman–Crippen LogP) is 3.15. The van der Waals surface area contributed by atoms with Crippen LogP contribution in [0.15, 0.2) is 29.4 Å². The third-order valence-corrected chi connectivity index (χ3v) is 3.41. The van der Waals surface area contributed by atoms with Crippen LogP contribution in [0.25, 0.3) is 0 Å². The minimum absolute atomic E-state index is 0.223. The van der Waals surface area contributed by atoms with Crippen molar-refractivity contribution in [3.63, 3.8) is 0 Å². The molecule has 16 heavy (non-hydrogen) atoms. The molecule has 0 spiro atoms. The molecule has 0 aromatic heterocycles. The fourth-order valence-corrected chi connectivity index (χ4v) is 2.37. The number of nitroso groups, excluding NO2 is 1. The average molecular weight is 239 g/mol. The van der Waals surface area contributed by atoms with Gasteiger partial charge in [0.15, 0.2) is 0 Å². The fourth-order valence-electron chi connectivity index (χ4n) is 2.24. The number of benzene rings is 1. The number of nitrogens with one attached hydrogen (secondary N) is 1. The lowest BCUT2D eigenvalue weighted by Crippen LogP contribution is -2.30. The molecule has 0 aliphatic carbocycles. The molecule has 1 fully saturated rings. The first kappa shape index (κ1) is 11.6. The summed E-state index contributed by atoms with van der Waals surface area (Å²) in [6.45, 7) is 1.95. The Labute approximate surface area is 100 Å². The van der Waals surface area contributed by atoms with E-state index < -0.39 is 0 Å². The smallest absolute Gasteiger partial charge is 0.120 e. The summed E-state index contributed by atoms with van der Waals surface area (Å²) >= 11 is 5.83. The lowest BCUT2D eigenvalue weighted by atomic mass is 9.86. The summed E-state index contributed by atoms with van der Waals surface area (Å²) in [4.78, 5) is 11.0. The summed E-state index contributed by atoms with van der Waals surface area (Å²) in [7, 11) is 0. The number of nitrogens with zero attached hydrogens (tertiary/aromatic N) is 1. The monoisotopic (exact) mass is 238 g/mol. The van der Waals surface area contributed by atoms with E-state index in [9.17, 15) is 4.91 Å². The average Bonchev–Trinajstić information content (AvgIpc) is 2.34. The predicted molar refractivity (Wildman–Crippen MR) is 65.6 cm³/mol. The highest BCUT2D eigenvalue weighted by Crippen LogP contribution is 2.32. The first-order chi connectivity index (χ1) is 7.81. The Morgan fingerprint density at radius 2 is 1.88 bits per heavy atom. The molecule has 0 radical (unpaired) electrons. The van der Waals surface area contributed by atoms with Gasteiger partial charge in [-0.3, -0.25) is 0 Å². The second-order valence-corrected chi connectivity index (χ2v) is 4.63. The Hall–Kier alpha value is -0.930. The topological polar surface area (TPSA) is 41.5 Å². The van der Waals surface area contributed by atoms with E-state index >= 15 is 0 Å². The van der Waals surface area contributed by atoms with Gasteiger partial charge in [-0.2, -0.15) is 4.91 Å². The number of halogens is 1. The minimum Gasteiger partial charge on any atom is -0.317 e. The van der Waals surface area contributed by atoms with E-state index in [-0.39, 0.29) is 6.04 Å².